The predicted molar refractivity (Wildman–Crippen MR) is 391 cm³/mol. The minimum absolute atomic E-state index is 0.105. The smallest absolute Gasteiger partial charge is 0.462 e. The van der Waals surface area contributed by atoms with Gasteiger partial charge in [0.15, 0.2) is 12.2 Å². The van der Waals surface area contributed by atoms with Crippen LogP contribution in [-0.2, 0) is 65.4 Å². The van der Waals surface area contributed by atoms with Gasteiger partial charge in [0, 0.05) is 25.7 Å². The highest BCUT2D eigenvalue weighted by atomic mass is 31.2. The van der Waals surface area contributed by atoms with Gasteiger partial charge < -0.3 is 33.8 Å². The Hall–Kier alpha value is -1.94. The molecule has 3 N–H and O–H groups in total. The Balaban J connectivity index is 5.23. The Bertz CT molecular complexity index is 1890. The van der Waals surface area contributed by atoms with Crippen molar-refractivity contribution in [3.8, 4) is 0 Å². The van der Waals surface area contributed by atoms with Gasteiger partial charge in [-0.3, -0.25) is 37.3 Å². The van der Waals surface area contributed by atoms with E-state index in [-0.39, 0.29) is 25.7 Å². The van der Waals surface area contributed by atoms with Crippen molar-refractivity contribution in [3.05, 3.63) is 0 Å². The number of rotatable bonds is 74. The van der Waals surface area contributed by atoms with Gasteiger partial charge in [0.05, 0.1) is 26.4 Å². The normalized spacial score (nSPS) is 14.7. The maximum atomic E-state index is 13.1. The molecule has 0 heterocycles. The molecule has 0 spiro atoms. The molecule has 19 heteroatoms. The van der Waals surface area contributed by atoms with Crippen LogP contribution < -0.4 is 0 Å². The van der Waals surface area contributed by atoms with E-state index < -0.39 is 97.5 Å². The van der Waals surface area contributed by atoms with E-state index in [1.54, 1.807) is 0 Å². The Kier molecular flexibility index (Phi) is 65.0. The largest absolute Gasteiger partial charge is 0.472 e. The number of esters is 4. The lowest BCUT2D eigenvalue weighted by atomic mass is 9.99. The molecule has 0 bridgehead atoms. The average Bonchev–Trinajstić information content (AvgIpc) is 1.17. The fourth-order valence-electron chi connectivity index (χ4n) is 11.7. The number of unbranched alkanes of at least 4 members (excludes halogenated alkanes) is 38. The monoisotopic (exact) mass is 1410 g/mol. The van der Waals surface area contributed by atoms with Gasteiger partial charge in [-0.15, -0.1) is 0 Å². The summed E-state index contributed by atoms with van der Waals surface area (Å²) in [6, 6.07) is 0. The number of aliphatic hydroxyl groups is 1. The number of hydrogen-bond donors (Lipinski definition) is 3. The highest BCUT2D eigenvalue weighted by Gasteiger charge is 2.30. The summed E-state index contributed by atoms with van der Waals surface area (Å²) in [6.07, 6.45) is 51.3. The lowest BCUT2D eigenvalue weighted by molar-refractivity contribution is -0.161. The van der Waals surface area contributed by atoms with Crippen molar-refractivity contribution in [2.45, 2.75) is 408 Å². The van der Waals surface area contributed by atoms with Crippen molar-refractivity contribution < 1.29 is 80.2 Å². The van der Waals surface area contributed by atoms with Crippen molar-refractivity contribution in [1.29, 1.82) is 0 Å². The van der Waals surface area contributed by atoms with Gasteiger partial charge in [-0.1, -0.05) is 338 Å². The summed E-state index contributed by atoms with van der Waals surface area (Å²) in [7, 11) is -9.92. The maximum absolute atomic E-state index is 13.1. The van der Waals surface area contributed by atoms with E-state index in [0.717, 1.165) is 120 Å². The topological polar surface area (TPSA) is 237 Å². The number of carbonyl (C=O) groups excluding carboxylic acids is 4. The fraction of sp³-hybridized carbons (Fsp3) is 0.948. The Labute approximate surface area is 588 Å². The molecule has 0 aliphatic rings. The van der Waals surface area contributed by atoms with E-state index in [1.807, 2.05) is 0 Å². The molecule has 0 aliphatic carbocycles. The number of hydrogen-bond acceptors (Lipinski definition) is 15. The third kappa shape index (κ3) is 67.9. The molecule has 0 fully saturated rings. The average molecular weight is 1410 g/mol. The third-order valence-electron chi connectivity index (χ3n) is 18.5. The molecule has 0 aromatic rings. The first-order chi connectivity index (χ1) is 46.2. The van der Waals surface area contributed by atoms with Crippen LogP contribution in [0.15, 0.2) is 0 Å². The molecular formula is C77H150O17P2. The molecule has 0 aromatic heterocycles. The van der Waals surface area contributed by atoms with Gasteiger partial charge >= 0.3 is 39.5 Å². The second kappa shape index (κ2) is 66.3. The van der Waals surface area contributed by atoms with Crippen molar-refractivity contribution in [1.82, 2.24) is 0 Å². The zero-order valence-corrected chi connectivity index (χ0v) is 64.8. The first-order valence-corrected chi connectivity index (χ1v) is 42.8. The van der Waals surface area contributed by atoms with Gasteiger partial charge in [0.2, 0.25) is 0 Å². The first kappa shape index (κ1) is 94.1. The second-order valence-electron chi connectivity index (χ2n) is 29.2. The quantitative estimate of drug-likeness (QED) is 0.0222. The minimum atomic E-state index is -4.96. The van der Waals surface area contributed by atoms with Crippen LogP contribution >= 0.6 is 15.6 Å². The molecule has 0 aromatic carbocycles. The zero-order chi connectivity index (χ0) is 71.0. The summed E-state index contributed by atoms with van der Waals surface area (Å²) in [5.74, 6) is 0.978. The van der Waals surface area contributed by atoms with Crippen LogP contribution in [0.25, 0.3) is 0 Å². The predicted octanol–water partition coefficient (Wildman–Crippen LogP) is 22.4. The van der Waals surface area contributed by atoms with Gasteiger partial charge in [0.25, 0.3) is 0 Å². The molecule has 4 unspecified atom stereocenters. The molecule has 0 radical (unpaired) electrons. The number of phosphoric acid groups is 2. The number of phosphoric ester groups is 2. The van der Waals surface area contributed by atoms with Crippen LogP contribution in [0, 0.1) is 23.7 Å². The van der Waals surface area contributed by atoms with Crippen LogP contribution in [0.1, 0.15) is 389 Å². The summed E-state index contributed by atoms with van der Waals surface area (Å²) in [5.41, 5.74) is 0. The Morgan fingerprint density at radius 2 is 0.500 bits per heavy atom. The van der Waals surface area contributed by atoms with E-state index in [2.05, 4.69) is 55.4 Å². The van der Waals surface area contributed by atoms with E-state index in [9.17, 15) is 43.2 Å². The van der Waals surface area contributed by atoms with Crippen LogP contribution in [0.4, 0.5) is 0 Å². The van der Waals surface area contributed by atoms with E-state index in [0.29, 0.717) is 25.7 Å². The number of ether oxygens (including phenoxy) is 4. The van der Waals surface area contributed by atoms with Crippen molar-refractivity contribution in [3.63, 3.8) is 0 Å². The van der Waals surface area contributed by atoms with E-state index >= 15 is 0 Å². The molecule has 0 saturated carbocycles. The number of aliphatic hydroxyl groups excluding tert-OH is 1. The number of carbonyl (C=O) groups is 4. The summed E-state index contributed by atoms with van der Waals surface area (Å²) in [6.45, 7) is 14.2. The minimum Gasteiger partial charge on any atom is -0.462 e. The Morgan fingerprint density at radius 1 is 0.292 bits per heavy atom. The summed E-state index contributed by atoms with van der Waals surface area (Å²) >= 11 is 0. The van der Waals surface area contributed by atoms with Gasteiger partial charge in [-0.25, -0.2) is 9.13 Å². The maximum Gasteiger partial charge on any atom is 0.472 e. The van der Waals surface area contributed by atoms with Crippen molar-refractivity contribution >= 4 is 39.5 Å². The SMILES string of the molecule is CCC(C)CCCCCCCCCCCCC(=O)O[C@H](COC(=O)CCCCCCCCC(C)CC)COP(=O)(O)OC[C@H](O)COP(=O)(O)OC[C@@H](COC(=O)CCCCCCCCCCCCCCCCCCC(C)C)OC(=O)CCCCCCCCCCCCC(C)C. The molecule has 0 saturated heterocycles. The summed E-state index contributed by atoms with van der Waals surface area (Å²) in [5, 5.41) is 10.6. The van der Waals surface area contributed by atoms with Gasteiger partial charge in [-0.2, -0.15) is 0 Å². The molecule has 17 nitrogen and oxygen atoms in total. The fourth-order valence-corrected chi connectivity index (χ4v) is 13.2. The molecule has 0 rings (SSSR count). The van der Waals surface area contributed by atoms with Crippen molar-refractivity contribution in [2.24, 2.45) is 23.7 Å². The second-order valence-corrected chi connectivity index (χ2v) is 32.1. The highest BCUT2D eigenvalue weighted by molar-refractivity contribution is 7.47. The van der Waals surface area contributed by atoms with Crippen LogP contribution in [0.5, 0.6) is 0 Å². The summed E-state index contributed by atoms with van der Waals surface area (Å²) < 4.78 is 68.6. The third-order valence-corrected chi connectivity index (χ3v) is 20.4. The molecule has 0 aliphatic heterocycles. The Morgan fingerprint density at radius 3 is 0.740 bits per heavy atom. The van der Waals surface area contributed by atoms with Gasteiger partial charge in [0.1, 0.15) is 19.3 Å². The summed E-state index contributed by atoms with van der Waals surface area (Å²) in [4.78, 5) is 72.8. The standard InChI is InChI=1S/C77H150O17P2/c1-9-69(7)55-47-39-31-25-20-22-28-34-44-52-60-77(82)94-73(64-88-75(80)58-50-42-36-35-40-48-56-70(8)10-2)66-92-96(85,86)90-62-71(78)61-89-95(83,84)91-65-72(93-76(81)59-51-43-33-27-21-19-24-30-38-46-54-68(5)6)63-87-74(79)57-49-41-32-26-18-16-14-12-11-13-15-17-23-29-37-45-53-67(3)4/h67-73,78H,9-66H2,1-8H3,(H,83,84)(H,85,86)/t69?,70?,71-,72-,73-/m1/s1. The molecule has 7 atom stereocenters. The van der Waals surface area contributed by atoms with Crippen LogP contribution in [0.3, 0.4) is 0 Å². The molecule has 96 heavy (non-hydrogen) atoms. The van der Waals surface area contributed by atoms with Crippen LogP contribution in [-0.4, -0.2) is 96.7 Å². The van der Waals surface area contributed by atoms with Crippen molar-refractivity contribution in [2.75, 3.05) is 39.6 Å². The lowest BCUT2D eigenvalue weighted by Crippen LogP contribution is -2.30. The van der Waals surface area contributed by atoms with E-state index in [1.165, 1.54) is 186 Å². The van der Waals surface area contributed by atoms with E-state index in [4.69, 9.17) is 37.0 Å². The van der Waals surface area contributed by atoms with Crippen LogP contribution in [0.2, 0.25) is 0 Å². The first-order valence-electron chi connectivity index (χ1n) is 39.8. The zero-order valence-electron chi connectivity index (χ0n) is 63.0. The van der Waals surface area contributed by atoms with Gasteiger partial charge in [-0.05, 0) is 49.4 Å². The highest BCUT2D eigenvalue weighted by Crippen LogP contribution is 2.45. The molecule has 570 valence electrons. The lowest BCUT2D eigenvalue weighted by Gasteiger charge is -2.21. The molecular weight excluding hydrogens is 1260 g/mol. The molecule has 0 amide bonds.